The largest absolute Gasteiger partial charge is 0.384 e. The standard InChI is InChI=1S/C17H20FNO2/c1-12(2)16-6-3-9-19(16)17(21)14-8-7-13(5-4-10-20)15(18)11-14/h7-8,11-12,16,20H,3,6,9-10H2,1-2H3. The zero-order valence-corrected chi connectivity index (χ0v) is 12.4. The third-order valence-corrected chi connectivity index (χ3v) is 3.85. The minimum atomic E-state index is -0.526. The number of aliphatic hydroxyl groups is 1. The van der Waals surface area contributed by atoms with Gasteiger partial charge in [0.25, 0.3) is 5.91 Å². The van der Waals surface area contributed by atoms with E-state index in [0.29, 0.717) is 11.5 Å². The molecule has 1 aromatic carbocycles. The van der Waals surface area contributed by atoms with Gasteiger partial charge < -0.3 is 10.0 Å². The van der Waals surface area contributed by atoms with Gasteiger partial charge in [0.2, 0.25) is 0 Å². The van der Waals surface area contributed by atoms with E-state index in [2.05, 4.69) is 25.7 Å². The highest BCUT2D eigenvalue weighted by Crippen LogP contribution is 2.26. The molecule has 1 aliphatic rings. The van der Waals surface area contributed by atoms with Gasteiger partial charge in [0.15, 0.2) is 0 Å². The van der Waals surface area contributed by atoms with Crippen molar-refractivity contribution in [3.8, 4) is 11.8 Å². The number of carbonyl (C=O) groups is 1. The predicted octanol–water partition coefficient (Wildman–Crippen LogP) is 2.43. The van der Waals surface area contributed by atoms with Crippen LogP contribution >= 0.6 is 0 Å². The monoisotopic (exact) mass is 289 g/mol. The van der Waals surface area contributed by atoms with Gasteiger partial charge in [-0.05, 0) is 37.0 Å². The molecule has 1 unspecified atom stereocenters. The molecule has 0 bridgehead atoms. The summed E-state index contributed by atoms with van der Waals surface area (Å²) in [5.74, 6) is 4.68. The van der Waals surface area contributed by atoms with E-state index < -0.39 is 5.82 Å². The summed E-state index contributed by atoms with van der Waals surface area (Å²) < 4.78 is 13.9. The molecular formula is C17H20FNO2. The summed E-state index contributed by atoms with van der Waals surface area (Å²) in [7, 11) is 0. The summed E-state index contributed by atoms with van der Waals surface area (Å²) in [6.07, 6.45) is 2.00. The fraction of sp³-hybridized carbons (Fsp3) is 0.471. The second kappa shape index (κ2) is 6.73. The lowest BCUT2D eigenvalue weighted by Crippen LogP contribution is -2.38. The Kier molecular flexibility index (Phi) is 4.98. The van der Waals surface area contributed by atoms with E-state index in [9.17, 15) is 9.18 Å². The van der Waals surface area contributed by atoms with Crippen LogP contribution in [-0.2, 0) is 0 Å². The lowest BCUT2D eigenvalue weighted by Gasteiger charge is -2.27. The summed E-state index contributed by atoms with van der Waals surface area (Å²) in [6.45, 7) is 4.62. The molecule has 1 N–H and O–H groups in total. The Hall–Kier alpha value is -1.86. The van der Waals surface area contributed by atoms with E-state index in [1.54, 1.807) is 6.07 Å². The molecule has 0 saturated carbocycles. The van der Waals surface area contributed by atoms with Crippen molar-refractivity contribution in [3.63, 3.8) is 0 Å². The second-order valence-corrected chi connectivity index (χ2v) is 5.61. The number of rotatable bonds is 2. The Bertz CT molecular complexity index is 586. The van der Waals surface area contributed by atoms with Gasteiger partial charge in [-0.15, -0.1) is 0 Å². The van der Waals surface area contributed by atoms with Crippen LogP contribution < -0.4 is 0 Å². The van der Waals surface area contributed by atoms with E-state index in [-0.39, 0.29) is 24.1 Å². The van der Waals surface area contributed by atoms with Crippen LogP contribution in [-0.4, -0.2) is 35.1 Å². The van der Waals surface area contributed by atoms with E-state index in [1.165, 1.54) is 12.1 Å². The number of hydrogen-bond acceptors (Lipinski definition) is 2. The molecule has 1 heterocycles. The fourth-order valence-electron chi connectivity index (χ4n) is 2.79. The lowest BCUT2D eigenvalue weighted by molar-refractivity contribution is 0.0701. The summed E-state index contributed by atoms with van der Waals surface area (Å²) in [5, 5.41) is 8.63. The van der Waals surface area contributed by atoms with Crippen LogP contribution in [0.5, 0.6) is 0 Å². The quantitative estimate of drug-likeness (QED) is 0.850. The number of amides is 1. The first-order valence-electron chi connectivity index (χ1n) is 7.25. The van der Waals surface area contributed by atoms with Crippen LogP contribution in [0.25, 0.3) is 0 Å². The van der Waals surface area contributed by atoms with Crippen LogP contribution in [0, 0.1) is 23.6 Å². The van der Waals surface area contributed by atoms with Crippen molar-refractivity contribution in [2.45, 2.75) is 32.7 Å². The molecular weight excluding hydrogens is 269 g/mol. The van der Waals surface area contributed by atoms with E-state index >= 15 is 0 Å². The molecule has 1 amide bonds. The Morgan fingerprint density at radius 3 is 2.90 bits per heavy atom. The molecule has 21 heavy (non-hydrogen) atoms. The normalized spacial score (nSPS) is 17.8. The summed E-state index contributed by atoms with van der Waals surface area (Å²) in [6, 6.07) is 4.56. The Balaban J connectivity index is 2.22. The topological polar surface area (TPSA) is 40.5 Å². The molecule has 0 aliphatic carbocycles. The SMILES string of the molecule is CC(C)C1CCCN1C(=O)c1ccc(C#CCO)c(F)c1. The molecule has 0 spiro atoms. The molecule has 112 valence electrons. The second-order valence-electron chi connectivity index (χ2n) is 5.61. The molecule has 3 nitrogen and oxygen atoms in total. The van der Waals surface area contributed by atoms with Crippen molar-refractivity contribution in [1.29, 1.82) is 0 Å². The third kappa shape index (κ3) is 3.43. The van der Waals surface area contributed by atoms with Gasteiger partial charge in [0.05, 0.1) is 5.56 Å². The first kappa shape index (κ1) is 15.5. The molecule has 0 aromatic heterocycles. The highest BCUT2D eigenvalue weighted by molar-refractivity contribution is 5.94. The van der Waals surface area contributed by atoms with Crippen LogP contribution in [0.15, 0.2) is 18.2 Å². The van der Waals surface area contributed by atoms with Crippen LogP contribution in [0.3, 0.4) is 0 Å². The van der Waals surface area contributed by atoms with Crippen molar-refractivity contribution < 1.29 is 14.3 Å². The van der Waals surface area contributed by atoms with E-state index in [0.717, 1.165) is 19.4 Å². The van der Waals surface area contributed by atoms with E-state index in [1.807, 2.05) is 4.90 Å². The number of benzene rings is 1. The Morgan fingerprint density at radius 1 is 1.52 bits per heavy atom. The fourth-order valence-corrected chi connectivity index (χ4v) is 2.79. The van der Waals surface area contributed by atoms with Crippen molar-refractivity contribution >= 4 is 5.91 Å². The van der Waals surface area contributed by atoms with Crippen LogP contribution in [0.4, 0.5) is 4.39 Å². The third-order valence-electron chi connectivity index (χ3n) is 3.85. The van der Waals surface area contributed by atoms with Crippen molar-refractivity contribution in [3.05, 3.63) is 35.1 Å². The average molecular weight is 289 g/mol. The maximum atomic E-state index is 13.9. The van der Waals surface area contributed by atoms with Gasteiger partial charge in [-0.1, -0.05) is 25.7 Å². The number of aliphatic hydroxyl groups excluding tert-OH is 1. The van der Waals surface area contributed by atoms with Crippen molar-refractivity contribution in [1.82, 2.24) is 4.90 Å². The average Bonchev–Trinajstić information content (AvgIpc) is 2.94. The van der Waals surface area contributed by atoms with Gasteiger partial charge in [-0.2, -0.15) is 0 Å². The Labute approximate surface area is 124 Å². The number of likely N-dealkylation sites (tertiary alicyclic amines) is 1. The minimum absolute atomic E-state index is 0.119. The minimum Gasteiger partial charge on any atom is -0.384 e. The van der Waals surface area contributed by atoms with Gasteiger partial charge in [-0.25, -0.2) is 4.39 Å². The Morgan fingerprint density at radius 2 is 2.29 bits per heavy atom. The molecule has 1 aromatic rings. The zero-order chi connectivity index (χ0) is 15.4. The molecule has 0 radical (unpaired) electrons. The molecule has 1 saturated heterocycles. The highest BCUT2D eigenvalue weighted by atomic mass is 19.1. The van der Waals surface area contributed by atoms with Gasteiger partial charge in [-0.3, -0.25) is 4.79 Å². The molecule has 1 atom stereocenters. The van der Waals surface area contributed by atoms with Crippen molar-refractivity contribution in [2.75, 3.05) is 13.2 Å². The number of carbonyl (C=O) groups excluding carboxylic acids is 1. The summed E-state index contributed by atoms with van der Waals surface area (Å²) >= 11 is 0. The van der Waals surface area contributed by atoms with E-state index in [4.69, 9.17) is 5.11 Å². The molecule has 1 aliphatic heterocycles. The van der Waals surface area contributed by atoms with Crippen LogP contribution in [0.1, 0.15) is 42.6 Å². The zero-order valence-electron chi connectivity index (χ0n) is 12.4. The maximum Gasteiger partial charge on any atom is 0.254 e. The summed E-state index contributed by atoms with van der Waals surface area (Å²) in [5.41, 5.74) is 0.553. The first-order valence-corrected chi connectivity index (χ1v) is 7.25. The number of halogens is 1. The predicted molar refractivity (Wildman–Crippen MR) is 79.3 cm³/mol. The smallest absolute Gasteiger partial charge is 0.254 e. The van der Waals surface area contributed by atoms with Crippen LogP contribution in [0.2, 0.25) is 0 Å². The van der Waals surface area contributed by atoms with Gasteiger partial charge >= 0.3 is 0 Å². The molecule has 4 heteroatoms. The molecule has 2 rings (SSSR count). The highest BCUT2D eigenvalue weighted by Gasteiger charge is 2.31. The molecule has 1 fully saturated rings. The first-order chi connectivity index (χ1) is 10.0. The van der Waals surface area contributed by atoms with Gasteiger partial charge in [0.1, 0.15) is 12.4 Å². The number of hydrogen-bond donors (Lipinski definition) is 1. The van der Waals surface area contributed by atoms with Gasteiger partial charge in [0, 0.05) is 18.2 Å². The number of nitrogens with zero attached hydrogens (tertiary/aromatic N) is 1. The lowest BCUT2D eigenvalue weighted by atomic mass is 10.0. The maximum absolute atomic E-state index is 13.9. The summed E-state index contributed by atoms with van der Waals surface area (Å²) in [4.78, 5) is 14.4. The van der Waals surface area contributed by atoms with Crippen molar-refractivity contribution in [2.24, 2.45) is 5.92 Å².